The smallest absolute Gasteiger partial charge is 0.433 e. The number of carbonyl (C=O) groups is 2. The number of aryl methyl sites for hydroxylation is 2. The molecule has 0 saturated heterocycles. The van der Waals surface area contributed by atoms with Crippen LogP contribution >= 0.6 is 11.8 Å². The van der Waals surface area contributed by atoms with Crippen molar-refractivity contribution in [2.45, 2.75) is 31.9 Å². The van der Waals surface area contributed by atoms with Gasteiger partial charge in [-0.3, -0.25) is 14.3 Å². The fourth-order valence-electron chi connectivity index (χ4n) is 3.15. The Morgan fingerprint density at radius 1 is 1.23 bits per heavy atom. The van der Waals surface area contributed by atoms with Crippen molar-refractivity contribution in [1.29, 1.82) is 0 Å². The molecule has 1 aliphatic rings. The maximum atomic E-state index is 13.3. The third-order valence-electron chi connectivity index (χ3n) is 4.64. The molecule has 10 heteroatoms. The van der Waals surface area contributed by atoms with Crippen LogP contribution in [-0.4, -0.2) is 34.1 Å². The van der Waals surface area contributed by atoms with Crippen molar-refractivity contribution in [3.63, 3.8) is 0 Å². The molecule has 160 valence electrons. The second-order valence-electron chi connectivity index (χ2n) is 6.92. The summed E-state index contributed by atoms with van der Waals surface area (Å²) in [6.07, 6.45) is -4.58. The summed E-state index contributed by atoms with van der Waals surface area (Å²) in [5, 5.41) is 7.55. The number of aromatic nitrogens is 2. The van der Waals surface area contributed by atoms with Gasteiger partial charge >= 0.3 is 12.1 Å². The Bertz CT molecular complexity index is 983. The van der Waals surface area contributed by atoms with E-state index < -0.39 is 29.1 Å². The number of hydrogen-bond donors (Lipinski definition) is 1. The molecule has 0 saturated carbocycles. The van der Waals surface area contributed by atoms with Gasteiger partial charge in [0.15, 0.2) is 0 Å². The number of benzene rings is 1. The number of carbonyl (C=O) groups excluding carboxylic acids is 2. The number of nitrogens with one attached hydrogen (secondary N) is 1. The van der Waals surface area contributed by atoms with Gasteiger partial charge in [-0.25, -0.2) is 0 Å². The largest absolute Gasteiger partial charge is 0.468 e. The molecule has 1 amide bonds. The van der Waals surface area contributed by atoms with Crippen LogP contribution in [0.3, 0.4) is 0 Å². The zero-order valence-corrected chi connectivity index (χ0v) is 17.3. The Morgan fingerprint density at radius 3 is 2.50 bits per heavy atom. The number of alkyl halides is 3. The average molecular weight is 439 g/mol. The van der Waals surface area contributed by atoms with Gasteiger partial charge in [-0.15, -0.1) is 11.8 Å². The van der Waals surface area contributed by atoms with Gasteiger partial charge in [-0.05, 0) is 43.0 Å². The first-order valence-electron chi connectivity index (χ1n) is 9.01. The molecule has 0 spiro atoms. The Hall–Kier alpha value is -2.75. The highest BCUT2D eigenvalue weighted by Gasteiger charge is 2.40. The topological polar surface area (TPSA) is 73.2 Å². The summed E-state index contributed by atoms with van der Waals surface area (Å²) in [6, 6.07) is 7.85. The molecule has 6 nitrogen and oxygen atoms in total. The van der Waals surface area contributed by atoms with Crippen molar-refractivity contribution in [2.24, 2.45) is 5.92 Å². The predicted octanol–water partition coefficient (Wildman–Crippen LogP) is 3.69. The van der Waals surface area contributed by atoms with Gasteiger partial charge in [0.1, 0.15) is 11.6 Å². The lowest BCUT2D eigenvalue weighted by Crippen LogP contribution is -2.40. The molecule has 1 N–H and O–H groups in total. The molecule has 1 aliphatic heterocycles. The molecule has 1 aromatic carbocycles. The predicted molar refractivity (Wildman–Crippen MR) is 106 cm³/mol. The molecule has 3 rings (SSSR count). The fraction of sp³-hybridized carbons (Fsp3) is 0.350. The summed E-state index contributed by atoms with van der Waals surface area (Å²) in [5.41, 5.74) is 1.11. The van der Waals surface area contributed by atoms with Crippen molar-refractivity contribution in [3.05, 3.63) is 63.8 Å². The van der Waals surface area contributed by atoms with Crippen LogP contribution in [0.4, 0.5) is 13.2 Å². The SMILES string of the molecule is COC(=O)C1C(Cn2nc(C)cc2C(F)(F)F)=CSC1NC(=O)c1ccc(C)cc1. The number of amides is 1. The highest BCUT2D eigenvalue weighted by molar-refractivity contribution is 8.03. The number of hydrogen-bond acceptors (Lipinski definition) is 5. The molecule has 2 heterocycles. The summed E-state index contributed by atoms with van der Waals surface area (Å²) in [4.78, 5) is 25.0. The van der Waals surface area contributed by atoms with Gasteiger partial charge in [0.05, 0.1) is 24.7 Å². The van der Waals surface area contributed by atoms with E-state index in [9.17, 15) is 22.8 Å². The molecule has 2 aromatic rings. The second-order valence-corrected chi connectivity index (χ2v) is 7.93. The van der Waals surface area contributed by atoms with E-state index in [0.717, 1.165) is 28.1 Å². The standard InChI is InChI=1S/C20H20F3N3O3S/c1-11-4-6-13(7-5-11)17(27)24-18-16(19(28)29-3)14(10-30-18)9-26-15(20(21,22)23)8-12(2)25-26/h4-8,10,16,18H,9H2,1-3H3,(H,24,27). The average Bonchev–Trinajstić information content (AvgIpc) is 3.25. The fourth-order valence-corrected chi connectivity index (χ4v) is 4.31. The first-order valence-corrected chi connectivity index (χ1v) is 9.96. The Balaban J connectivity index is 1.81. The van der Waals surface area contributed by atoms with Gasteiger partial charge < -0.3 is 10.1 Å². The molecule has 0 fully saturated rings. The lowest BCUT2D eigenvalue weighted by Gasteiger charge is -2.22. The van der Waals surface area contributed by atoms with Gasteiger partial charge in [0, 0.05) is 5.56 Å². The normalized spacial score (nSPS) is 18.8. The van der Waals surface area contributed by atoms with Gasteiger partial charge in [-0.1, -0.05) is 17.7 Å². The van der Waals surface area contributed by atoms with E-state index in [1.807, 2.05) is 6.92 Å². The number of thioether (sulfide) groups is 1. The van der Waals surface area contributed by atoms with E-state index in [1.165, 1.54) is 14.0 Å². The Morgan fingerprint density at radius 2 is 1.90 bits per heavy atom. The molecular formula is C20H20F3N3O3S. The van der Waals surface area contributed by atoms with E-state index in [2.05, 4.69) is 10.4 Å². The number of ether oxygens (including phenoxy) is 1. The maximum absolute atomic E-state index is 13.3. The van der Waals surface area contributed by atoms with Crippen LogP contribution in [-0.2, 0) is 22.3 Å². The van der Waals surface area contributed by atoms with Crippen LogP contribution in [0.25, 0.3) is 0 Å². The summed E-state index contributed by atoms with van der Waals surface area (Å²) in [6.45, 7) is 3.11. The zero-order chi connectivity index (χ0) is 22.1. The van der Waals surface area contributed by atoms with Gasteiger partial charge in [-0.2, -0.15) is 18.3 Å². The first-order chi connectivity index (χ1) is 14.1. The minimum atomic E-state index is -4.58. The molecular weight excluding hydrogens is 419 g/mol. The van der Waals surface area contributed by atoms with E-state index in [0.29, 0.717) is 11.1 Å². The van der Waals surface area contributed by atoms with Crippen LogP contribution in [0.1, 0.15) is 27.3 Å². The molecule has 0 aliphatic carbocycles. The monoisotopic (exact) mass is 439 g/mol. The van der Waals surface area contributed by atoms with E-state index in [4.69, 9.17) is 4.74 Å². The van der Waals surface area contributed by atoms with Crippen LogP contribution in [0.5, 0.6) is 0 Å². The molecule has 0 radical (unpaired) electrons. The quantitative estimate of drug-likeness (QED) is 0.720. The van der Waals surface area contributed by atoms with Crippen LogP contribution < -0.4 is 5.32 Å². The van der Waals surface area contributed by atoms with Crippen molar-refractivity contribution < 1.29 is 27.5 Å². The van der Waals surface area contributed by atoms with Gasteiger partial charge in [0.25, 0.3) is 5.91 Å². The molecule has 2 unspecified atom stereocenters. The maximum Gasteiger partial charge on any atom is 0.433 e. The number of methoxy groups -OCH3 is 1. The Kier molecular flexibility index (Phi) is 6.25. The first kappa shape index (κ1) is 21.9. The zero-order valence-electron chi connectivity index (χ0n) is 16.5. The summed E-state index contributed by atoms with van der Waals surface area (Å²) < 4.78 is 45.5. The third-order valence-corrected chi connectivity index (χ3v) is 5.76. The van der Waals surface area contributed by atoms with Crippen LogP contribution in [0.15, 0.2) is 41.3 Å². The van der Waals surface area contributed by atoms with Crippen molar-refractivity contribution >= 4 is 23.6 Å². The summed E-state index contributed by atoms with van der Waals surface area (Å²) >= 11 is 1.15. The van der Waals surface area contributed by atoms with Crippen molar-refractivity contribution in [2.75, 3.05) is 7.11 Å². The lowest BCUT2D eigenvalue weighted by atomic mass is 10.00. The minimum Gasteiger partial charge on any atom is -0.468 e. The molecule has 2 atom stereocenters. The molecule has 30 heavy (non-hydrogen) atoms. The van der Waals surface area contributed by atoms with E-state index in [1.54, 1.807) is 29.7 Å². The van der Waals surface area contributed by atoms with Crippen LogP contribution in [0.2, 0.25) is 0 Å². The highest BCUT2D eigenvalue weighted by Crippen LogP contribution is 2.38. The van der Waals surface area contributed by atoms with Crippen molar-refractivity contribution in [3.8, 4) is 0 Å². The molecule has 0 bridgehead atoms. The van der Waals surface area contributed by atoms with E-state index >= 15 is 0 Å². The third kappa shape index (κ3) is 4.69. The highest BCUT2D eigenvalue weighted by atomic mass is 32.2. The summed E-state index contributed by atoms with van der Waals surface area (Å²) in [5.74, 6) is -1.96. The number of esters is 1. The lowest BCUT2D eigenvalue weighted by molar-refractivity contribution is -0.144. The summed E-state index contributed by atoms with van der Waals surface area (Å²) in [7, 11) is 1.20. The Labute approximate surface area is 175 Å². The second kappa shape index (κ2) is 8.55. The minimum absolute atomic E-state index is 0.215. The number of rotatable bonds is 5. The molecule has 1 aromatic heterocycles. The number of nitrogens with zero attached hydrogens (tertiary/aromatic N) is 2. The number of halogens is 3. The van der Waals surface area contributed by atoms with Gasteiger partial charge in [0.2, 0.25) is 0 Å². The van der Waals surface area contributed by atoms with Crippen LogP contribution in [0, 0.1) is 19.8 Å². The van der Waals surface area contributed by atoms with Crippen molar-refractivity contribution in [1.82, 2.24) is 15.1 Å². The van der Waals surface area contributed by atoms with E-state index in [-0.39, 0.29) is 18.1 Å².